The van der Waals surface area contributed by atoms with Crippen molar-refractivity contribution in [1.29, 1.82) is 0 Å². The summed E-state index contributed by atoms with van der Waals surface area (Å²) in [5.41, 5.74) is 3.13. The number of furan rings is 1. The van der Waals surface area contributed by atoms with Crippen LogP contribution in [0.25, 0.3) is 17.4 Å². The fraction of sp³-hybridized carbons (Fsp3) is 0.156. The largest absolute Gasteiger partial charge is 0.497 e. The Hall–Kier alpha value is -4.31. The first kappa shape index (κ1) is 30.2. The monoisotopic (exact) mass is 634 g/mol. The van der Waals surface area contributed by atoms with Crippen LogP contribution in [0.1, 0.15) is 16.1 Å². The van der Waals surface area contributed by atoms with Crippen molar-refractivity contribution in [1.82, 2.24) is 10.2 Å². The van der Waals surface area contributed by atoms with Crippen LogP contribution in [-0.2, 0) is 4.79 Å². The summed E-state index contributed by atoms with van der Waals surface area (Å²) in [6.45, 7) is 2.70. The van der Waals surface area contributed by atoms with E-state index in [0.717, 1.165) is 30.2 Å². The topological polar surface area (TPSA) is 87.0 Å². The number of anilines is 2. The molecule has 220 valence electrons. The molecule has 1 aromatic heterocycles. The van der Waals surface area contributed by atoms with E-state index in [9.17, 15) is 9.59 Å². The van der Waals surface area contributed by atoms with Gasteiger partial charge in [-0.25, -0.2) is 0 Å². The van der Waals surface area contributed by atoms with Gasteiger partial charge < -0.3 is 24.3 Å². The molecular formula is C32H28Cl2N4O4S. The van der Waals surface area contributed by atoms with E-state index in [1.54, 1.807) is 67.8 Å². The van der Waals surface area contributed by atoms with Crippen LogP contribution in [0.2, 0.25) is 10.0 Å². The lowest BCUT2D eigenvalue weighted by atomic mass is 10.1. The number of piperazine rings is 1. The summed E-state index contributed by atoms with van der Waals surface area (Å²) < 4.78 is 11.0. The second-order valence-electron chi connectivity index (χ2n) is 9.66. The van der Waals surface area contributed by atoms with Gasteiger partial charge in [0.15, 0.2) is 5.11 Å². The molecule has 2 N–H and O–H groups in total. The molecule has 3 aromatic carbocycles. The molecule has 1 aliphatic rings. The van der Waals surface area contributed by atoms with E-state index >= 15 is 0 Å². The molecule has 43 heavy (non-hydrogen) atoms. The molecular weight excluding hydrogens is 607 g/mol. The minimum absolute atomic E-state index is 0.0176. The van der Waals surface area contributed by atoms with Gasteiger partial charge >= 0.3 is 0 Å². The number of amides is 2. The quantitative estimate of drug-likeness (QED) is 0.172. The molecule has 8 nitrogen and oxygen atoms in total. The van der Waals surface area contributed by atoms with E-state index in [4.69, 9.17) is 44.6 Å². The third kappa shape index (κ3) is 7.75. The van der Waals surface area contributed by atoms with Gasteiger partial charge in [-0.1, -0.05) is 23.2 Å². The first-order chi connectivity index (χ1) is 20.8. The van der Waals surface area contributed by atoms with Gasteiger partial charge in [-0.2, -0.15) is 0 Å². The van der Waals surface area contributed by atoms with Crippen LogP contribution in [0.15, 0.2) is 89.4 Å². The standard InChI is InChI=1S/C32H28Cl2N4O4S/c1-41-25-9-2-21(3-10-25)31(40)38-18-16-37(17-19-38)24-7-5-23(6-8-24)35-32(43)36-30(39)15-12-26-11-14-29(42-26)27-13-4-22(33)20-28(27)34/h2-15,20H,16-19H2,1H3,(H2,35,36,39,43)/b15-12+. The number of nitrogens with zero attached hydrogens (tertiary/aromatic N) is 2. The molecule has 0 radical (unpaired) electrons. The lowest BCUT2D eigenvalue weighted by molar-refractivity contribution is -0.115. The maximum atomic E-state index is 12.9. The van der Waals surface area contributed by atoms with Crippen molar-refractivity contribution in [3.63, 3.8) is 0 Å². The molecule has 0 unspecified atom stereocenters. The minimum Gasteiger partial charge on any atom is -0.497 e. The van der Waals surface area contributed by atoms with Gasteiger partial charge in [0.25, 0.3) is 5.91 Å². The molecule has 4 aromatic rings. The van der Waals surface area contributed by atoms with Crippen LogP contribution in [0.4, 0.5) is 11.4 Å². The smallest absolute Gasteiger partial charge is 0.253 e. The first-order valence-corrected chi connectivity index (χ1v) is 14.6. The van der Waals surface area contributed by atoms with Gasteiger partial charge in [-0.15, -0.1) is 0 Å². The molecule has 11 heteroatoms. The average molecular weight is 636 g/mol. The lowest BCUT2D eigenvalue weighted by Gasteiger charge is -2.36. The number of hydrogen-bond acceptors (Lipinski definition) is 6. The van der Waals surface area contributed by atoms with Gasteiger partial charge in [0.05, 0.1) is 12.1 Å². The van der Waals surface area contributed by atoms with Gasteiger partial charge in [0.1, 0.15) is 17.3 Å². The highest BCUT2D eigenvalue weighted by atomic mass is 35.5. The number of carbonyl (C=O) groups is 2. The Balaban J connectivity index is 1.08. The molecule has 1 aliphatic heterocycles. The Morgan fingerprint density at radius 1 is 0.930 bits per heavy atom. The maximum absolute atomic E-state index is 12.9. The highest BCUT2D eigenvalue weighted by Crippen LogP contribution is 2.31. The highest BCUT2D eigenvalue weighted by molar-refractivity contribution is 7.80. The number of ether oxygens (including phenoxy) is 1. The molecule has 0 atom stereocenters. The molecule has 0 spiro atoms. The number of methoxy groups -OCH3 is 1. The zero-order chi connectivity index (χ0) is 30.3. The number of halogens is 2. The Morgan fingerprint density at radius 2 is 1.65 bits per heavy atom. The molecule has 5 rings (SSSR count). The molecule has 1 saturated heterocycles. The predicted molar refractivity (Wildman–Crippen MR) is 175 cm³/mol. The first-order valence-electron chi connectivity index (χ1n) is 13.4. The Labute approximate surface area is 264 Å². The summed E-state index contributed by atoms with van der Waals surface area (Å²) in [5.74, 6) is 1.38. The van der Waals surface area contributed by atoms with Crippen LogP contribution >= 0.6 is 35.4 Å². The molecule has 0 aliphatic carbocycles. The van der Waals surface area contributed by atoms with E-state index in [-0.39, 0.29) is 11.0 Å². The summed E-state index contributed by atoms with van der Waals surface area (Å²) in [6, 6.07) is 23.6. The molecule has 0 saturated carbocycles. The van der Waals surface area contributed by atoms with Crippen molar-refractivity contribution in [3.05, 3.63) is 106 Å². The fourth-order valence-corrected chi connectivity index (χ4v) is 5.31. The summed E-state index contributed by atoms with van der Waals surface area (Å²) in [4.78, 5) is 29.3. The molecule has 0 bridgehead atoms. The minimum atomic E-state index is -0.404. The second kappa shape index (κ2) is 13.8. The van der Waals surface area contributed by atoms with Crippen LogP contribution in [0, 0.1) is 0 Å². The third-order valence-corrected chi connectivity index (χ3v) is 7.61. The number of rotatable bonds is 7. The van der Waals surface area contributed by atoms with Crippen molar-refractivity contribution in [2.45, 2.75) is 0 Å². The zero-order valence-electron chi connectivity index (χ0n) is 23.2. The van der Waals surface area contributed by atoms with E-state index in [0.29, 0.717) is 45.8 Å². The fourth-order valence-electron chi connectivity index (χ4n) is 4.59. The lowest BCUT2D eigenvalue weighted by Crippen LogP contribution is -2.48. The van der Waals surface area contributed by atoms with E-state index in [1.807, 2.05) is 29.2 Å². The number of hydrogen-bond donors (Lipinski definition) is 2. The molecule has 1 fully saturated rings. The van der Waals surface area contributed by atoms with Crippen LogP contribution in [0.5, 0.6) is 5.75 Å². The maximum Gasteiger partial charge on any atom is 0.253 e. The van der Waals surface area contributed by atoms with Gasteiger partial charge in [-0.05, 0) is 97.2 Å². The van der Waals surface area contributed by atoms with Gasteiger partial charge in [0, 0.05) is 59.8 Å². The van der Waals surface area contributed by atoms with Crippen molar-refractivity contribution in [3.8, 4) is 17.1 Å². The number of benzene rings is 3. The van der Waals surface area contributed by atoms with Gasteiger partial charge in [-0.3, -0.25) is 14.9 Å². The second-order valence-corrected chi connectivity index (χ2v) is 10.9. The normalized spacial score (nSPS) is 13.2. The van der Waals surface area contributed by atoms with Gasteiger partial charge in [0.2, 0.25) is 5.91 Å². The Kier molecular flexibility index (Phi) is 9.66. The highest BCUT2D eigenvalue weighted by Gasteiger charge is 2.22. The zero-order valence-corrected chi connectivity index (χ0v) is 25.5. The number of thiocarbonyl (C=S) groups is 1. The summed E-state index contributed by atoms with van der Waals surface area (Å²) in [6.07, 6.45) is 2.88. The van der Waals surface area contributed by atoms with E-state index in [1.165, 1.54) is 6.08 Å². The summed E-state index contributed by atoms with van der Waals surface area (Å²) >= 11 is 17.5. The third-order valence-electron chi connectivity index (χ3n) is 6.85. The molecule has 2 amide bonds. The predicted octanol–water partition coefficient (Wildman–Crippen LogP) is 6.75. The SMILES string of the molecule is COc1ccc(C(=O)N2CCN(c3ccc(NC(=S)NC(=O)/C=C/c4ccc(-c5ccc(Cl)cc5Cl)o4)cc3)CC2)cc1. The summed E-state index contributed by atoms with van der Waals surface area (Å²) in [7, 11) is 1.60. The molecule has 2 heterocycles. The van der Waals surface area contributed by atoms with E-state index in [2.05, 4.69) is 15.5 Å². The Bertz CT molecular complexity index is 1650. The van der Waals surface area contributed by atoms with Crippen LogP contribution < -0.4 is 20.3 Å². The van der Waals surface area contributed by atoms with Crippen molar-refractivity contribution in [2.75, 3.05) is 43.5 Å². The van der Waals surface area contributed by atoms with E-state index < -0.39 is 5.91 Å². The Morgan fingerprint density at radius 3 is 2.33 bits per heavy atom. The number of carbonyl (C=O) groups excluding carboxylic acids is 2. The summed E-state index contributed by atoms with van der Waals surface area (Å²) in [5, 5.41) is 6.82. The average Bonchev–Trinajstić information content (AvgIpc) is 3.49. The van der Waals surface area contributed by atoms with Crippen molar-refractivity contribution >= 4 is 69.8 Å². The van der Waals surface area contributed by atoms with Crippen molar-refractivity contribution < 1.29 is 18.7 Å². The van der Waals surface area contributed by atoms with Crippen molar-refractivity contribution in [2.24, 2.45) is 0 Å². The van der Waals surface area contributed by atoms with Crippen LogP contribution in [0.3, 0.4) is 0 Å². The van der Waals surface area contributed by atoms with Crippen LogP contribution in [-0.4, -0.2) is 55.1 Å². The number of nitrogens with one attached hydrogen (secondary N) is 2.